The first-order chi connectivity index (χ1) is 9.29. The molecule has 0 radical (unpaired) electrons. The first kappa shape index (κ1) is 14.7. The van der Waals surface area contributed by atoms with Crippen molar-refractivity contribution in [3.8, 4) is 0 Å². The van der Waals surface area contributed by atoms with E-state index < -0.39 is 15.8 Å². The van der Waals surface area contributed by atoms with Crippen LogP contribution < -0.4 is 10.5 Å². The summed E-state index contributed by atoms with van der Waals surface area (Å²) in [5, 5.41) is 0. The zero-order valence-corrected chi connectivity index (χ0v) is 12.8. The van der Waals surface area contributed by atoms with Gasteiger partial charge in [0.05, 0.1) is 15.1 Å². The summed E-state index contributed by atoms with van der Waals surface area (Å²) in [5.41, 5.74) is 6.21. The molecule has 0 fully saturated rings. The van der Waals surface area contributed by atoms with E-state index in [1.807, 2.05) is 0 Å². The van der Waals surface area contributed by atoms with E-state index in [9.17, 15) is 12.8 Å². The summed E-state index contributed by atoms with van der Waals surface area (Å²) in [5.74, 6) is -0.464. The van der Waals surface area contributed by atoms with Crippen LogP contribution in [0.15, 0.2) is 39.8 Å². The van der Waals surface area contributed by atoms with Gasteiger partial charge in [0.25, 0.3) is 10.0 Å². The van der Waals surface area contributed by atoms with E-state index in [0.29, 0.717) is 5.56 Å². The van der Waals surface area contributed by atoms with Crippen LogP contribution in [0.3, 0.4) is 0 Å². The number of halogens is 2. The lowest BCUT2D eigenvalue weighted by Gasteiger charge is -2.11. The third-order valence-corrected chi connectivity index (χ3v) is 4.55. The molecule has 0 saturated carbocycles. The Labute approximate surface area is 124 Å². The van der Waals surface area contributed by atoms with Crippen LogP contribution in [-0.4, -0.2) is 13.4 Å². The van der Waals surface area contributed by atoms with Crippen molar-refractivity contribution in [3.05, 3.63) is 46.3 Å². The molecule has 0 saturated heterocycles. The SMILES string of the molecule is Cc1cc(Br)c(F)cc1NS(=O)(=O)c1ccnc(N)c1. The number of benzene rings is 1. The molecule has 0 aliphatic rings. The van der Waals surface area contributed by atoms with Crippen LogP contribution in [0.1, 0.15) is 5.56 Å². The highest BCUT2D eigenvalue weighted by molar-refractivity contribution is 9.10. The number of aryl methyl sites for hydroxylation is 1. The standard InChI is InChI=1S/C12H11BrFN3O2S/c1-7-4-9(13)10(14)6-11(7)17-20(18,19)8-2-3-16-12(15)5-8/h2-6,17H,1H3,(H2,15,16). The maximum absolute atomic E-state index is 13.5. The van der Waals surface area contributed by atoms with Crippen molar-refractivity contribution in [2.75, 3.05) is 10.5 Å². The molecule has 2 rings (SSSR count). The summed E-state index contributed by atoms with van der Waals surface area (Å²) < 4.78 is 40.4. The Kier molecular flexibility index (Phi) is 3.96. The molecule has 1 aromatic carbocycles. The van der Waals surface area contributed by atoms with Gasteiger partial charge in [0.1, 0.15) is 11.6 Å². The second kappa shape index (κ2) is 5.37. The summed E-state index contributed by atoms with van der Waals surface area (Å²) in [6.45, 7) is 1.67. The van der Waals surface area contributed by atoms with Crippen LogP contribution in [0.4, 0.5) is 15.9 Å². The molecule has 20 heavy (non-hydrogen) atoms. The lowest BCUT2D eigenvalue weighted by Crippen LogP contribution is -2.14. The van der Waals surface area contributed by atoms with Crippen molar-refractivity contribution in [1.29, 1.82) is 0 Å². The third-order valence-electron chi connectivity index (χ3n) is 2.57. The monoisotopic (exact) mass is 359 g/mol. The highest BCUT2D eigenvalue weighted by Crippen LogP contribution is 2.26. The Bertz CT molecular complexity index is 765. The van der Waals surface area contributed by atoms with E-state index in [0.717, 1.165) is 6.07 Å². The maximum atomic E-state index is 13.5. The number of hydrogen-bond donors (Lipinski definition) is 2. The zero-order valence-electron chi connectivity index (χ0n) is 10.4. The van der Waals surface area contributed by atoms with E-state index in [2.05, 4.69) is 25.6 Å². The minimum absolute atomic E-state index is 0.0345. The third kappa shape index (κ3) is 3.07. The van der Waals surface area contributed by atoms with E-state index in [-0.39, 0.29) is 20.9 Å². The number of hydrogen-bond acceptors (Lipinski definition) is 4. The Balaban J connectivity index is 2.41. The number of anilines is 2. The predicted molar refractivity (Wildman–Crippen MR) is 78.3 cm³/mol. The fraction of sp³-hybridized carbons (Fsp3) is 0.0833. The van der Waals surface area contributed by atoms with Gasteiger partial charge < -0.3 is 5.73 Å². The molecule has 1 aromatic heterocycles. The number of nitrogens with one attached hydrogen (secondary N) is 1. The number of nitrogens with two attached hydrogens (primary N) is 1. The van der Waals surface area contributed by atoms with E-state index in [1.54, 1.807) is 6.92 Å². The van der Waals surface area contributed by atoms with Crippen molar-refractivity contribution in [1.82, 2.24) is 4.98 Å². The smallest absolute Gasteiger partial charge is 0.262 e. The summed E-state index contributed by atoms with van der Waals surface area (Å²) >= 11 is 3.04. The lowest BCUT2D eigenvalue weighted by atomic mass is 10.2. The molecule has 3 N–H and O–H groups in total. The topological polar surface area (TPSA) is 85.1 Å². The van der Waals surface area contributed by atoms with Gasteiger partial charge in [-0.25, -0.2) is 17.8 Å². The fourth-order valence-corrected chi connectivity index (χ4v) is 3.16. The highest BCUT2D eigenvalue weighted by atomic mass is 79.9. The predicted octanol–water partition coefficient (Wildman–Crippen LogP) is 2.67. The van der Waals surface area contributed by atoms with E-state index in [1.165, 1.54) is 24.4 Å². The Morgan fingerprint density at radius 3 is 2.70 bits per heavy atom. The number of aromatic nitrogens is 1. The van der Waals surface area contributed by atoms with Gasteiger partial charge in [0.2, 0.25) is 0 Å². The maximum Gasteiger partial charge on any atom is 0.262 e. The number of rotatable bonds is 3. The number of pyridine rings is 1. The Hall–Kier alpha value is -1.67. The molecule has 0 unspecified atom stereocenters. The minimum atomic E-state index is -3.84. The van der Waals surface area contributed by atoms with Crippen molar-refractivity contribution in [2.24, 2.45) is 0 Å². The van der Waals surface area contributed by atoms with E-state index >= 15 is 0 Å². The van der Waals surface area contributed by atoms with E-state index in [4.69, 9.17) is 5.73 Å². The van der Waals surface area contributed by atoms with Gasteiger partial charge in [-0.2, -0.15) is 0 Å². The second-order valence-corrected chi connectivity index (χ2v) is 6.64. The lowest BCUT2D eigenvalue weighted by molar-refractivity contribution is 0.601. The van der Waals surface area contributed by atoms with Gasteiger partial charge >= 0.3 is 0 Å². The molecular weight excluding hydrogens is 349 g/mol. The summed E-state index contributed by atoms with van der Waals surface area (Å²) in [4.78, 5) is 3.69. The molecule has 5 nitrogen and oxygen atoms in total. The highest BCUT2D eigenvalue weighted by Gasteiger charge is 2.17. The van der Waals surface area contributed by atoms with Crippen molar-refractivity contribution < 1.29 is 12.8 Å². The molecule has 0 atom stereocenters. The van der Waals surface area contributed by atoms with Crippen LogP contribution >= 0.6 is 15.9 Å². The molecule has 0 aliphatic heterocycles. The molecule has 0 aliphatic carbocycles. The number of nitrogens with zero attached hydrogens (tertiary/aromatic N) is 1. The molecule has 0 bridgehead atoms. The van der Waals surface area contributed by atoms with Gasteiger partial charge in [-0.15, -0.1) is 0 Å². The molecular formula is C12H11BrFN3O2S. The molecule has 0 spiro atoms. The molecule has 106 valence electrons. The summed E-state index contributed by atoms with van der Waals surface area (Å²) in [7, 11) is -3.84. The average Bonchev–Trinajstić information content (AvgIpc) is 2.36. The normalized spacial score (nSPS) is 11.3. The van der Waals surface area contributed by atoms with Crippen molar-refractivity contribution >= 4 is 37.5 Å². The first-order valence-corrected chi connectivity index (χ1v) is 7.77. The van der Waals surface area contributed by atoms with Gasteiger partial charge in [-0.1, -0.05) is 0 Å². The Morgan fingerprint density at radius 2 is 2.05 bits per heavy atom. The molecule has 0 amide bonds. The van der Waals surface area contributed by atoms with Gasteiger partial charge in [-0.05, 0) is 46.6 Å². The first-order valence-electron chi connectivity index (χ1n) is 5.49. The minimum Gasteiger partial charge on any atom is -0.384 e. The van der Waals surface area contributed by atoms with Crippen LogP contribution in [-0.2, 0) is 10.0 Å². The van der Waals surface area contributed by atoms with Crippen molar-refractivity contribution in [2.45, 2.75) is 11.8 Å². The van der Waals surface area contributed by atoms with Crippen LogP contribution in [0, 0.1) is 12.7 Å². The largest absolute Gasteiger partial charge is 0.384 e. The van der Waals surface area contributed by atoms with Gasteiger partial charge in [-0.3, -0.25) is 4.72 Å². The van der Waals surface area contributed by atoms with Gasteiger partial charge in [0.15, 0.2) is 0 Å². The van der Waals surface area contributed by atoms with Crippen LogP contribution in [0.5, 0.6) is 0 Å². The average molecular weight is 360 g/mol. The Morgan fingerprint density at radius 1 is 1.35 bits per heavy atom. The van der Waals surface area contributed by atoms with Crippen LogP contribution in [0.25, 0.3) is 0 Å². The second-order valence-electron chi connectivity index (χ2n) is 4.10. The molecule has 2 aromatic rings. The quantitative estimate of drug-likeness (QED) is 0.881. The zero-order chi connectivity index (χ0) is 14.9. The molecule has 8 heteroatoms. The van der Waals surface area contributed by atoms with Crippen molar-refractivity contribution in [3.63, 3.8) is 0 Å². The van der Waals surface area contributed by atoms with Crippen LogP contribution in [0.2, 0.25) is 0 Å². The fourth-order valence-electron chi connectivity index (χ4n) is 1.56. The molecule has 1 heterocycles. The number of nitrogen functional groups attached to an aromatic ring is 1. The number of sulfonamides is 1. The summed E-state index contributed by atoms with van der Waals surface area (Å²) in [6.07, 6.45) is 1.29. The summed E-state index contributed by atoms with van der Waals surface area (Å²) in [6, 6.07) is 5.14. The van der Waals surface area contributed by atoms with Gasteiger partial charge in [0, 0.05) is 12.3 Å².